The molecule has 1 unspecified atom stereocenters. The fourth-order valence-electron chi connectivity index (χ4n) is 1.86. The van der Waals surface area contributed by atoms with Crippen molar-refractivity contribution in [3.8, 4) is 0 Å². The van der Waals surface area contributed by atoms with Gasteiger partial charge in [0.2, 0.25) is 5.91 Å². The molecule has 0 spiro atoms. The molecule has 6 heteroatoms. The minimum atomic E-state index is -0.468. The SMILES string of the molecule is O=C1CC(CO)CN1c1cc(F)c(Br)cc1Cl. The molecule has 1 fully saturated rings. The molecule has 1 atom stereocenters. The minimum absolute atomic E-state index is 0.0567. The summed E-state index contributed by atoms with van der Waals surface area (Å²) >= 11 is 9.01. The van der Waals surface area contributed by atoms with Crippen molar-refractivity contribution < 1.29 is 14.3 Å². The van der Waals surface area contributed by atoms with Crippen molar-refractivity contribution in [1.29, 1.82) is 0 Å². The van der Waals surface area contributed by atoms with Crippen LogP contribution in [0.25, 0.3) is 0 Å². The number of anilines is 1. The van der Waals surface area contributed by atoms with Gasteiger partial charge in [-0.25, -0.2) is 4.39 Å². The maximum Gasteiger partial charge on any atom is 0.227 e. The highest BCUT2D eigenvalue weighted by Gasteiger charge is 2.31. The lowest BCUT2D eigenvalue weighted by Crippen LogP contribution is -2.25. The van der Waals surface area contributed by atoms with Crippen molar-refractivity contribution in [3.05, 3.63) is 27.4 Å². The zero-order valence-corrected chi connectivity index (χ0v) is 11.1. The van der Waals surface area contributed by atoms with E-state index in [-0.39, 0.29) is 29.3 Å². The highest BCUT2D eigenvalue weighted by Crippen LogP contribution is 2.34. The average molecular weight is 323 g/mol. The van der Waals surface area contributed by atoms with Crippen LogP contribution in [0.4, 0.5) is 10.1 Å². The monoisotopic (exact) mass is 321 g/mol. The van der Waals surface area contributed by atoms with Gasteiger partial charge in [0, 0.05) is 31.6 Å². The van der Waals surface area contributed by atoms with Gasteiger partial charge in [-0.15, -0.1) is 0 Å². The van der Waals surface area contributed by atoms with E-state index in [1.54, 1.807) is 0 Å². The van der Waals surface area contributed by atoms with Crippen molar-refractivity contribution in [3.63, 3.8) is 0 Å². The first kappa shape index (κ1) is 12.8. The van der Waals surface area contributed by atoms with Gasteiger partial charge in [0.1, 0.15) is 5.82 Å². The van der Waals surface area contributed by atoms with Crippen molar-refractivity contribution in [1.82, 2.24) is 0 Å². The second kappa shape index (κ2) is 4.92. The van der Waals surface area contributed by atoms with E-state index in [4.69, 9.17) is 16.7 Å². The Balaban J connectivity index is 2.35. The van der Waals surface area contributed by atoms with Gasteiger partial charge in [-0.2, -0.15) is 0 Å². The predicted octanol–water partition coefficient (Wildman–Crippen LogP) is 2.59. The summed E-state index contributed by atoms with van der Waals surface area (Å²) in [6.07, 6.45) is 0.268. The van der Waals surface area contributed by atoms with Crippen LogP contribution in [0.5, 0.6) is 0 Å². The van der Waals surface area contributed by atoms with E-state index in [0.29, 0.717) is 17.3 Å². The van der Waals surface area contributed by atoms with Gasteiger partial charge >= 0.3 is 0 Å². The Labute approximate surface area is 111 Å². The van der Waals surface area contributed by atoms with Crippen LogP contribution in [0.2, 0.25) is 5.02 Å². The Bertz CT molecular complexity index is 469. The van der Waals surface area contributed by atoms with E-state index in [9.17, 15) is 9.18 Å². The summed E-state index contributed by atoms with van der Waals surface area (Å²) in [6, 6.07) is 2.65. The van der Waals surface area contributed by atoms with Crippen LogP contribution in [-0.2, 0) is 4.79 Å². The van der Waals surface area contributed by atoms with Crippen molar-refractivity contribution in [2.75, 3.05) is 18.1 Å². The molecule has 1 aromatic rings. The van der Waals surface area contributed by atoms with Gasteiger partial charge in [0.15, 0.2) is 0 Å². The maximum absolute atomic E-state index is 13.4. The molecule has 1 aliphatic rings. The van der Waals surface area contributed by atoms with Crippen molar-refractivity contribution in [2.24, 2.45) is 5.92 Å². The third kappa shape index (κ3) is 2.46. The number of nitrogens with zero attached hydrogens (tertiary/aromatic N) is 1. The minimum Gasteiger partial charge on any atom is -0.396 e. The van der Waals surface area contributed by atoms with Gasteiger partial charge in [0.05, 0.1) is 15.2 Å². The largest absolute Gasteiger partial charge is 0.396 e. The summed E-state index contributed by atoms with van der Waals surface area (Å²) in [5, 5.41) is 9.33. The van der Waals surface area contributed by atoms with Gasteiger partial charge in [-0.1, -0.05) is 11.6 Å². The molecule has 1 heterocycles. The standard InChI is InChI=1S/C11H10BrClFNO2/c12-7-2-8(13)10(3-9(7)14)15-4-6(5-16)1-11(15)17/h2-3,6,16H,1,4-5H2. The number of aliphatic hydroxyl groups is 1. The zero-order valence-electron chi connectivity index (χ0n) is 8.79. The molecule has 2 rings (SSSR count). The van der Waals surface area contributed by atoms with E-state index < -0.39 is 5.82 Å². The summed E-state index contributed by atoms with van der Waals surface area (Å²) in [6.45, 7) is 0.314. The van der Waals surface area contributed by atoms with Crippen LogP contribution < -0.4 is 4.90 Å². The van der Waals surface area contributed by atoms with Crippen LogP contribution in [0, 0.1) is 11.7 Å². The predicted molar refractivity (Wildman–Crippen MR) is 66.7 cm³/mol. The molecule has 0 aliphatic carbocycles. The van der Waals surface area contributed by atoms with E-state index in [1.807, 2.05) is 0 Å². The lowest BCUT2D eigenvalue weighted by Gasteiger charge is -2.18. The van der Waals surface area contributed by atoms with E-state index in [2.05, 4.69) is 15.9 Å². The maximum atomic E-state index is 13.4. The van der Waals surface area contributed by atoms with Gasteiger partial charge in [-0.05, 0) is 22.0 Å². The first-order chi connectivity index (χ1) is 8.02. The first-order valence-corrected chi connectivity index (χ1v) is 6.25. The molecule has 92 valence electrons. The van der Waals surface area contributed by atoms with Crippen LogP contribution >= 0.6 is 27.5 Å². The number of carbonyl (C=O) groups is 1. The topological polar surface area (TPSA) is 40.5 Å². The Morgan fingerprint density at radius 2 is 2.29 bits per heavy atom. The number of halogens is 3. The Morgan fingerprint density at radius 3 is 2.88 bits per heavy atom. The number of hydrogen-bond acceptors (Lipinski definition) is 2. The lowest BCUT2D eigenvalue weighted by atomic mass is 10.1. The third-order valence-electron chi connectivity index (χ3n) is 2.74. The van der Waals surface area contributed by atoms with Crippen LogP contribution in [-0.4, -0.2) is 24.2 Å². The van der Waals surface area contributed by atoms with Crippen LogP contribution in [0.1, 0.15) is 6.42 Å². The summed E-state index contributed by atoms with van der Waals surface area (Å²) < 4.78 is 13.7. The number of hydrogen-bond donors (Lipinski definition) is 1. The number of carbonyl (C=O) groups excluding carboxylic acids is 1. The van der Waals surface area contributed by atoms with Gasteiger partial charge < -0.3 is 10.0 Å². The zero-order chi connectivity index (χ0) is 12.6. The molecule has 1 aromatic carbocycles. The highest BCUT2D eigenvalue weighted by atomic mass is 79.9. The number of aliphatic hydroxyl groups excluding tert-OH is 1. The molecule has 1 N–H and O–H groups in total. The van der Waals surface area contributed by atoms with Gasteiger partial charge in [0.25, 0.3) is 0 Å². The molecule has 1 saturated heterocycles. The van der Waals surface area contributed by atoms with Gasteiger partial charge in [-0.3, -0.25) is 4.79 Å². The highest BCUT2D eigenvalue weighted by molar-refractivity contribution is 9.10. The third-order valence-corrected chi connectivity index (χ3v) is 3.65. The Kier molecular flexibility index (Phi) is 3.70. The quantitative estimate of drug-likeness (QED) is 0.850. The molecular weight excluding hydrogens is 312 g/mol. The fourth-order valence-corrected chi connectivity index (χ4v) is 2.60. The summed E-state index contributed by atoms with van der Waals surface area (Å²) in [7, 11) is 0. The molecule has 1 amide bonds. The fraction of sp³-hybridized carbons (Fsp3) is 0.364. The second-order valence-electron chi connectivity index (χ2n) is 3.97. The summed E-state index contributed by atoms with van der Waals surface area (Å²) in [5.74, 6) is -0.720. The molecule has 3 nitrogen and oxygen atoms in total. The number of amides is 1. The number of benzene rings is 1. The van der Waals surface area contributed by atoms with E-state index >= 15 is 0 Å². The molecule has 1 aliphatic heterocycles. The summed E-state index contributed by atoms with van der Waals surface area (Å²) in [5.41, 5.74) is 0.355. The molecule has 0 radical (unpaired) electrons. The molecule has 0 saturated carbocycles. The lowest BCUT2D eigenvalue weighted by molar-refractivity contribution is -0.117. The Morgan fingerprint density at radius 1 is 1.59 bits per heavy atom. The van der Waals surface area contributed by atoms with E-state index in [1.165, 1.54) is 17.0 Å². The van der Waals surface area contributed by atoms with Crippen molar-refractivity contribution in [2.45, 2.75) is 6.42 Å². The smallest absolute Gasteiger partial charge is 0.227 e. The first-order valence-electron chi connectivity index (χ1n) is 5.08. The summed E-state index contributed by atoms with van der Waals surface area (Å²) in [4.78, 5) is 13.1. The molecule has 17 heavy (non-hydrogen) atoms. The molecule has 0 aromatic heterocycles. The normalized spacial score (nSPS) is 20.1. The van der Waals surface area contributed by atoms with Crippen molar-refractivity contribution >= 4 is 39.1 Å². The average Bonchev–Trinajstić information content (AvgIpc) is 2.65. The van der Waals surface area contributed by atoms with E-state index in [0.717, 1.165) is 0 Å². The molecule has 0 bridgehead atoms. The van der Waals surface area contributed by atoms with Crippen LogP contribution in [0.3, 0.4) is 0 Å². The van der Waals surface area contributed by atoms with Crippen LogP contribution in [0.15, 0.2) is 16.6 Å². The Hall–Kier alpha value is -0.650. The number of rotatable bonds is 2. The second-order valence-corrected chi connectivity index (χ2v) is 5.24. The molecular formula is C11H10BrClFNO2.